The van der Waals surface area contributed by atoms with Crippen molar-refractivity contribution in [3.63, 3.8) is 0 Å². The van der Waals surface area contributed by atoms with Gasteiger partial charge in [0.1, 0.15) is 0 Å². The fourth-order valence-corrected chi connectivity index (χ4v) is 3.53. The first-order chi connectivity index (χ1) is 10.1. The van der Waals surface area contributed by atoms with Gasteiger partial charge in [0.15, 0.2) is 0 Å². The number of benzene rings is 1. The van der Waals surface area contributed by atoms with Crippen LogP contribution in [0.25, 0.3) is 0 Å². The van der Waals surface area contributed by atoms with Crippen molar-refractivity contribution in [3.05, 3.63) is 35.9 Å². The molecular weight excluding hydrogens is 262 g/mol. The third kappa shape index (κ3) is 3.85. The average molecular weight is 289 g/mol. The van der Waals surface area contributed by atoms with Gasteiger partial charge in [-0.05, 0) is 51.3 Å². The smallest absolute Gasteiger partial charge is 0.309 e. The molecule has 0 aliphatic carbocycles. The van der Waals surface area contributed by atoms with Crippen LogP contribution in [0.4, 0.5) is 0 Å². The number of nitrogens with zero attached hydrogens (tertiary/aromatic N) is 1. The SMILES string of the molecule is CCCC1(C(=O)O)CCN(C(C)Cc2ccccc2)CC1. The summed E-state index contributed by atoms with van der Waals surface area (Å²) in [5.41, 5.74) is 0.881. The highest BCUT2D eigenvalue weighted by Gasteiger charge is 2.41. The topological polar surface area (TPSA) is 40.5 Å². The van der Waals surface area contributed by atoms with Crippen LogP contribution >= 0.6 is 0 Å². The second-order valence-electron chi connectivity index (χ2n) is 6.41. The molecule has 1 aromatic rings. The van der Waals surface area contributed by atoms with Crippen LogP contribution in [0.1, 0.15) is 45.1 Å². The lowest BCUT2D eigenvalue weighted by Gasteiger charge is -2.41. The van der Waals surface area contributed by atoms with Gasteiger partial charge in [0.05, 0.1) is 5.41 Å². The summed E-state index contributed by atoms with van der Waals surface area (Å²) in [5, 5.41) is 9.56. The molecule has 0 radical (unpaired) electrons. The summed E-state index contributed by atoms with van der Waals surface area (Å²) in [6, 6.07) is 11.0. The van der Waals surface area contributed by atoms with Crippen LogP contribution in [0, 0.1) is 5.41 Å². The van der Waals surface area contributed by atoms with Gasteiger partial charge in [0.25, 0.3) is 0 Å². The van der Waals surface area contributed by atoms with Crippen molar-refractivity contribution in [1.29, 1.82) is 0 Å². The van der Waals surface area contributed by atoms with Crippen LogP contribution < -0.4 is 0 Å². The second kappa shape index (κ2) is 7.08. The number of hydrogen-bond acceptors (Lipinski definition) is 2. The van der Waals surface area contributed by atoms with Crippen LogP contribution in [-0.2, 0) is 11.2 Å². The predicted molar refractivity (Wildman–Crippen MR) is 85.4 cm³/mol. The summed E-state index contributed by atoms with van der Waals surface area (Å²) in [5.74, 6) is -0.597. The Morgan fingerprint density at radius 1 is 1.29 bits per heavy atom. The molecule has 3 nitrogen and oxygen atoms in total. The Hall–Kier alpha value is -1.35. The standard InChI is InChI=1S/C18H27NO2/c1-3-9-18(17(20)21)10-12-19(13-11-18)15(2)14-16-7-5-4-6-8-16/h4-8,15H,3,9-14H2,1-2H3,(H,20,21). The maximum Gasteiger partial charge on any atom is 0.309 e. The zero-order chi connectivity index (χ0) is 15.3. The van der Waals surface area contributed by atoms with Crippen LogP contribution in [-0.4, -0.2) is 35.1 Å². The van der Waals surface area contributed by atoms with E-state index in [1.807, 2.05) is 6.07 Å². The number of carboxylic acids is 1. The molecule has 0 bridgehead atoms. The molecule has 1 N–H and O–H groups in total. The molecule has 1 unspecified atom stereocenters. The zero-order valence-electron chi connectivity index (χ0n) is 13.2. The first kappa shape index (κ1) is 16.0. The van der Waals surface area contributed by atoms with Gasteiger partial charge in [-0.2, -0.15) is 0 Å². The number of carbonyl (C=O) groups is 1. The largest absolute Gasteiger partial charge is 0.481 e. The molecule has 0 spiro atoms. The highest BCUT2D eigenvalue weighted by atomic mass is 16.4. The molecule has 1 fully saturated rings. The summed E-state index contributed by atoms with van der Waals surface area (Å²) in [4.78, 5) is 14.1. The van der Waals surface area contributed by atoms with Gasteiger partial charge in [-0.15, -0.1) is 0 Å². The Morgan fingerprint density at radius 2 is 1.90 bits per heavy atom. The molecular formula is C18H27NO2. The number of likely N-dealkylation sites (tertiary alicyclic amines) is 1. The highest BCUT2D eigenvalue weighted by Crippen LogP contribution is 2.37. The maximum atomic E-state index is 11.6. The van der Waals surface area contributed by atoms with E-state index < -0.39 is 11.4 Å². The van der Waals surface area contributed by atoms with E-state index in [9.17, 15) is 9.90 Å². The monoisotopic (exact) mass is 289 g/mol. The van der Waals surface area contributed by atoms with Gasteiger partial charge in [-0.1, -0.05) is 43.7 Å². The molecule has 116 valence electrons. The number of piperidine rings is 1. The Balaban J connectivity index is 1.92. The van der Waals surface area contributed by atoms with Gasteiger partial charge in [0, 0.05) is 6.04 Å². The minimum atomic E-state index is -0.597. The Labute approximate surface area is 128 Å². The lowest BCUT2D eigenvalue weighted by Crippen LogP contribution is -2.47. The molecule has 0 amide bonds. The minimum absolute atomic E-state index is 0.473. The predicted octanol–water partition coefficient (Wildman–Crippen LogP) is 3.58. The second-order valence-corrected chi connectivity index (χ2v) is 6.41. The van der Waals surface area contributed by atoms with Crippen molar-refractivity contribution in [2.75, 3.05) is 13.1 Å². The van der Waals surface area contributed by atoms with Gasteiger partial charge in [0.2, 0.25) is 0 Å². The first-order valence-corrected chi connectivity index (χ1v) is 8.09. The van der Waals surface area contributed by atoms with Crippen molar-refractivity contribution in [2.24, 2.45) is 5.41 Å². The molecule has 1 aliphatic rings. The van der Waals surface area contributed by atoms with E-state index in [0.29, 0.717) is 6.04 Å². The van der Waals surface area contributed by atoms with Crippen molar-refractivity contribution in [2.45, 2.75) is 52.0 Å². The van der Waals surface area contributed by atoms with Gasteiger partial charge in [-0.3, -0.25) is 4.79 Å². The Morgan fingerprint density at radius 3 is 2.43 bits per heavy atom. The molecule has 3 heteroatoms. The van der Waals surface area contributed by atoms with E-state index in [-0.39, 0.29) is 0 Å². The van der Waals surface area contributed by atoms with Crippen LogP contribution in [0.5, 0.6) is 0 Å². The normalized spacial score (nSPS) is 20.1. The lowest BCUT2D eigenvalue weighted by atomic mass is 9.74. The lowest BCUT2D eigenvalue weighted by molar-refractivity contribution is -0.153. The van der Waals surface area contributed by atoms with E-state index >= 15 is 0 Å². The fourth-order valence-electron chi connectivity index (χ4n) is 3.53. The van der Waals surface area contributed by atoms with Crippen LogP contribution in [0.2, 0.25) is 0 Å². The van der Waals surface area contributed by atoms with E-state index in [0.717, 1.165) is 45.2 Å². The van der Waals surface area contributed by atoms with E-state index in [2.05, 4.69) is 43.0 Å². The van der Waals surface area contributed by atoms with Crippen molar-refractivity contribution in [1.82, 2.24) is 4.90 Å². The summed E-state index contributed by atoms with van der Waals surface area (Å²) in [6.45, 7) is 6.14. The fraction of sp³-hybridized carbons (Fsp3) is 0.611. The average Bonchev–Trinajstić information content (AvgIpc) is 2.49. The van der Waals surface area contributed by atoms with E-state index in [1.54, 1.807) is 0 Å². The Bertz CT molecular complexity index is 450. The Kier molecular flexibility index (Phi) is 5.40. The van der Waals surface area contributed by atoms with E-state index in [4.69, 9.17) is 0 Å². The molecule has 1 heterocycles. The molecule has 1 atom stereocenters. The molecule has 21 heavy (non-hydrogen) atoms. The van der Waals surface area contributed by atoms with Gasteiger partial charge < -0.3 is 10.0 Å². The van der Waals surface area contributed by atoms with Gasteiger partial charge in [-0.25, -0.2) is 0 Å². The summed E-state index contributed by atoms with van der Waals surface area (Å²) in [6.07, 6.45) is 4.37. The third-order valence-electron chi connectivity index (χ3n) is 4.93. The summed E-state index contributed by atoms with van der Waals surface area (Å²) < 4.78 is 0. The number of rotatable bonds is 6. The van der Waals surface area contributed by atoms with Crippen molar-refractivity contribution in [3.8, 4) is 0 Å². The summed E-state index contributed by atoms with van der Waals surface area (Å²) >= 11 is 0. The molecule has 0 aromatic heterocycles. The molecule has 1 saturated heterocycles. The number of hydrogen-bond donors (Lipinski definition) is 1. The number of aliphatic carboxylic acids is 1. The van der Waals surface area contributed by atoms with Gasteiger partial charge >= 0.3 is 5.97 Å². The molecule has 0 saturated carbocycles. The van der Waals surface area contributed by atoms with E-state index in [1.165, 1.54) is 5.56 Å². The first-order valence-electron chi connectivity index (χ1n) is 8.09. The minimum Gasteiger partial charge on any atom is -0.481 e. The zero-order valence-corrected chi connectivity index (χ0v) is 13.2. The molecule has 2 rings (SSSR count). The van der Waals surface area contributed by atoms with Crippen molar-refractivity contribution < 1.29 is 9.90 Å². The van der Waals surface area contributed by atoms with Crippen molar-refractivity contribution >= 4 is 5.97 Å². The third-order valence-corrected chi connectivity index (χ3v) is 4.93. The highest BCUT2D eigenvalue weighted by molar-refractivity contribution is 5.74. The van der Waals surface area contributed by atoms with Crippen LogP contribution in [0.15, 0.2) is 30.3 Å². The quantitative estimate of drug-likeness (QED) is 0.870. The maximum absolute atomic E-state index is 11.6. The molecule has 1 aromatic carbocycles. The summed E-state index contributed by atoms with van der Waals surface area (Å²) in [7, 11) is 0. The number of carboxylic acid groups (broad SMARTS) is 1. The van der Waals surface area contributed by atoms with Crippen LogP contribution in [0.3, 0.4) is 0 Å². The molecule has 1 aliphatic heterocycles.